The van der Waals surface area contributed by atoms with Crippen LogP contribution in [0.4, 0.5) is 0 Å². The summed E-state index contributed by atoms with van der Waals surface area (Å²) in [5.41, 5.74) is 1.10. The van der Waals surface area contributed by atoms with Crippen molar-refractivity contribution in [2.24, 2.45) is 17.8 Å². The number of nitrogens with one attached hydrogen (secondary N) is 1. The Balaban J connectivity index is 4.29. The quantitative estimate of drug-likeness (QED) is 0.483. The molecular weight excluding hydrogens is 222 g/mol. The van der Waals surface area contributed by atoms with Crippen molar-refractivity contribution < 1.29 is 5.11 Å². The minimum absolute atomic E-state index is 0.205. The summed E-state index contributed by atoms with van der Waals surface area (Å²) in [5, 5.41) is 13.5. The largest absolute Gasteiger partial charge is 0.379 e. The molecule has 0 rings (SSSR count). The SMILES string of the molecule is C=C(C)[C@H](NC(O)CC(CC)CC(C)C)C(C)C. The van der Waals surface area contributed by atoms with Crippen LogP contribution in [0.25, 0.3) is 0 Å². The van der Waals surface area contributed by atoms with Gasteiger partial charge >= 0.3 is 0 Å². The van der Waals surface area contributed by atoms with Crippen LogP contribution in [-0.2, 0) is 0 Å². The monoisotopic (exact) mass is 255 g/mol. The summed E-state index contributed by atoms with van der Waals surface area (Å²) in [7, 11) is 0. The number of rotatable bonds is 9. The van der Waals surface area contributed by atoms with Gasteiger partial charge in [0, 0.05) is 6.04 Å². The van der Waals surface area contributed by atoms with Gasteiger partial charge in [-0.05, 0) is 37.5 Å². The summed E-state index contributed by atoms with van der Waals surface area (Å²) < 4.78 is 0. The molecule has 2 N–H and O–H groups in total. The topological polar surface area (TPSA) is 32.3 Å². The van der Waals surface area contributed by atoms with Gasteiger partial charge < -0.3 is 5.11 Å². The molecule has 0 saturated heterocycles. The summed E-state index contributed by atoms with van der Waals surface area (Å²) in [6.07, 6.45) is 2.74. The van der Waals surface area contributed by atoms with Gasteiger partial charge in [-0.15, -0.1) is 0 Å². The van der Waals surface area contributed by atoms with Crippen molar-refractivity contribution in [3.63, 3.8) is 0 Å². The smallest absolute Gasteiger partial charge is 0.105 e. The molecule has 3 atom stereocenters. The van der Waals surface area contributed by atoms with Crippen LogP contribution in [-0.4, -0.2) is 17.4 Å². The lowest BCUT2D eigenvalue weighted by atomic mass is 9.90. The van der Waals surface area contributed by atoms with Gasteiger partial charge in [0.1, 0.15) is 6.23 Å². The first kappa shape index (κ1) is 17.7. The van der Waals surface area contributed by atoms with E-state index in [1.165, 1.54) is 6.42 Å². The number of hydrogen-bond acceptors (Lipinski definition) is 2. The maximum atomic E-state index is 10.2. The Bertz CT molecular complexity index is 235. The Morgan fingerprint density at radius 3 is 2.06 bits per heavy atom. The van der Waals surface area contributed by atoms with Crippen molar-refractivity contribution in [1.29, 1.82) is 0 Å². The zero-order valence-corrected chi connectivity index (χ0v) is 13.2. The first-order chi connectivity index (χ1) is 8.27. The molecule has 2 unspecified atom stereocenters. The predicted molar refractivity (Wildman–Crippen MR) is 80.4 cm³/mol. The highest BCUT2D eigenvalue weighted by atomic mass is 16.3. The van der Waals surface area contributed by atoms with E-state index in [2.05, 4.69) is 46.5 Å². The highest BCUT2D eigenvalue weighted by Crippen LogP contribution is 2.21. The predicted octanol–water partition coefficient (Wildman–Crippen LogP) is 3.96. The van der Waals surface area contributed by atoms with Gasteiger partial charge in [-0.3, -0.25) is 5.32 Å². The zero-order valence-electron chi connectivity index (χ0n) is 13.2. The number of aliphatic hydroxyl groups is 1. The second kappa shape index (κ2) is 8.71. The lowest BCUT2D eigenvalue weighted by Crippen LogP contribution is -2.42. The van der Waals surface area contributed by atoms with Crippen molar-refractivity contribution in [2.75, 3.05) is 0 Å². The van der Waals surface area contributed by atoms with E-state index in [1.807, 2.05) is 6.92 Å². The number of aliphatic hydroxyl groups excluding tert-OH is 1. The minimum atomic E-state index is -0.419. The van der Waals surface area contributed by atoms with Crippen molar-refractivity contribution in [3.8, 4) is 0 Å². The van der Waals surface area contributed by atoms with E-state index in [0.717, 1.165) is 18.4 Å². The van der Waals surface area contributed by atoms with Crippen LogP contribution in [0.1, 0.15) is 60.8 Å². The normalized spacial score (nSPS) is 16.9. The molecule has 0 fully saturated rings. The van der Waals surface area contributed by atoms with Crippen LogP contribution in [0.3, 0.4) is 0 Å². The van der Waals surface area contributed by atoms with Crippen LogP contribution in [0.2, 0.25) is 0 Å². The molecule has 0 aromatic heterocycles. The first-order valence-corrected chi connectivity index (χ1v) is 7.37. The van der Waals surface area contributed by atoms with Gasteiger partial charge in [-0.2, -0.15) is 0 Å². The Labute approximate surface area is 114 Å². The summed E-state index contributed by atoms with van der Waals surface area (Å²) >= 11 is 0. The molecule has 0 aliphatic carbocycles. The molecule has 0 aliphatic rings. The van der Waals surface area contributed by atoms with E-state index in [1.54, 1.807) is 0 Å². The molecule has 18 heavy (non-hydrogen) atoms. The molecule has 0 spiro atoms. The van der Waals surface area contributed by atoms with Crippen LogP contribution in [0.15, 0.2) is 12.2 Å². The highest BCUT2D eigenvalue weighted by molar-refractivity contribution is 5.03. The molecule has 0 aromatic rings. The van der Waals surface area contributed by atoms with Crippen LogP contribution in [0.5, 0.6) is 0 Å². The minimum Gasteiger partial charge on any atom is -0.379 e. The van der Waals surface area contributed by atoms with E-state index in [-0.39, 0.29) is 6.04 Å². The first-order valence-electron chi connectivity index (χ1n) is 7.37. The van der Waals surface area contributed by atoms with E-state index >= 15 is 0 Å². The molecule has 0 radical (unpaired) electrons. The van der Waals surface area contributed by atoms with Crippen molar-refractivity contribution in [2.45, 2.75) is 73.1 Å². The summed E-state index contributed by atoms with van der Waals surface area (Å²) in [6, 6.07) is 0.205. The molecule has 0 heterocycles. The molecule has 0 aliphatic heterocycles. The second-order valence-electron chi connectivity index (χ2n) is 6.39. The Kier molecular flexibility index (Phi) is 8.54. The number of hydrogen-bond donors (Lipinski definition) is 2. The maximum Gasteiger partial charge on any atom is 0.105 e. The molecule has 2 nitrogen and oxygen atoms in total. The Hall–Kier alpha value is -0.340. The molecule has 0 saturated carbocycles. The van der Waals surface area contributed by atoms with Gasteiger partial charge in [0.2, 0.25) is 0 Å². The lowest BCUT2D eigenvalue weighted by molar-refractivity contribution is 0.0873. The molecule has 0 amide bonds. The third kappa shape index (κ3) is 7.17. The second-order valence-corrected chi connectivity index (χ2v) is 6.39. The van der Waals surface area contributed by atoms with E-state index in [4.69, 9.17) is 0 Å². The Morgan fingerprint density at radius 1 is 1.17 bits per heavy atom. The van der Waals surface area contributed by atoms with Crippen molar-refractivity contribution in [3.05, 3.63) is 12.2 Å². The maximum absolute atomic E-state index is 10.2. The fourth-order valence-electron chi connectivity index (χ4n) is 2.59. The van der Waals surface area contributed by atoms with E-state index < -0.39 is 6.23 Å². The van der Waals surface area contributed by atoms with E-state index in [0.29, 0.717) is 17.8 Å². The highest BCUT2D eigenvalue weighted by Gasteiger charge is 2.20. The van der Waals surface area contributed by atoms with Crippen molar-refractivity contribution in [1.82, 2.24) is 5.32 Å². The van der Waals surface area contributed by atoms with Crippen molar-refractivity contribution >= 4 is 0 Å². The molecule has 0 bridgehead atoms. The summed E-state index contributed by atoms with van der Waals surface area (Å²) in [4.78, 5) is 0. The van der Waals surface area contributed by atoms with Gasteiger partial charge in [0.05, 0.1) is 0 Å². The van der Waals surface area contributed by atoms with Gasteiger partial charge in [0.25, 0.3) is 0 Å². The molecule has 0 aromatic carbocycles. The lowest BCUT2D eigenvalue weighted by Gasteiger charge is -2.28. The van der Waals surface area contributed by atoms with Crippen LogP contribution >= 0.6 is 0 Å². The standard InChI is InChI=1S/C16H33NO/c1-8-14(9-11(2)3)10-15(18)17-16(12(4)5)13(6)7/h11,13-18H,4,8-10H2,1-3,5-7H3/t14?,15?,16-/m0/s1. The molecule has 108 valence electrons. The van der Waals surface area contributed by atoms with E-state index in [9.17, 15) is 5.11 Å². The van der Waals surface area contributed by atoms with Gasteiger partial charge in [-0.25, -0.2) is 0 Å². The fourth-order valence-corrected chi connectivity index (χ4v) is 2.59. The fraction of sp³-hybridized carbons (Fsp3) is 0.875. The Morgan fingerprint density at radius 2 is 1.72 bits per heavy atom. The third-order valence-electron chi connectivity index (χ3n) is 3.51. The summed E-state index contributed by atoms with van der Waals surface area (Å²) in [6.45, 7) is 17.0. The van der Waals surface area contributed by atoms with Crippen LogP contribution in [0, 0.1) is 17.8 Å². The summed E-state index contributed by atoms with van der Waals surface area (Å²) in [5.74, 6) is 1.76. The molecular formula is C16H33NO. The average Bonchev–Trinajstić information content (AvgIpc) is 2.23. The van der Waals surface area contributed by atoms with Gasteiger partial charge in [-0.1, -0.05) is 53.2 Å². The third-order valence-corrected chi connectivity index (χ3v) is 3.51. The van der Waals surface area contributed by atoms with Gasteiger partial charge in [0.15, 0.2) is 0 Å². The average molecular weight is 255 g/mol. The zero-order chi connectivity index (χ0) is 14.3. The molecule has 2 heteroatoms. The van der Waals surface area contributed by atoms with Crippen LogP contribution < -0.4 is 5.32 Å².